The summed E-state index contributed by atoms with van der Waals surface area (Å²) in [7, 11) is 2.95. The molecule has 2 aromatic carbocycles. The molecular formula is C20H20FN3O5. The van der Waals surface area contributed by atoms with Crippen LogP contribution in [0.25, 0.3) is 0 Å². The molecule has 0 saturated carbocycles. The van der Waals surface area contributed by atoms with Crippen LogP contribution in [0, 0.1) is 5.82 Å². The standard InChI is InChI=1S/C20H20FN3O5/c1-12-19(26)23(20(27)24(12)14-6-4-13(21)5-7-14)11-18(25)22-16-9-8-15(28-2)10-17(16)29-3/h4-10,12H,11H2,1-3H3,(H,22,25). The molecule has 1 aliphatic heterocycles. The third kappa shape index (κ3) is 3.98. The Labute approximate surface area is 166 Å². The highest BCUT2D eigenvalue weighted by Gasteiger charge is 2.44. The van der Waals surface area contributed by atoms with Crippen LogP contribution in [0.4, 0.5) is 20.6 Å². The maximum Gasteiger partial charge on any atom is 0.332 e. The van der Waals surface area contributed by atoms with E-state index in [0.717, 1.165) is 4.90 Å². The molecular weight excluding hydrogens is 381 g/mol. The number of hydrogen-bond acceptors (Lipinski definition) is 5. The van der Waals surface area contributed by atoms with Crippen molar-refractivity contribution < 1.29 is 28.2 Å². The van der Waals surface area contributed by atoms with Gasteiger partial charge in [0.1, 0.15) is 29.9 Å². The molecule has 29 heavy (non-hydrogen) atoms. The number of benzene rings is 2. The minimum atomic E-state index is -0.809. The van der Waals surface area contributed by atoms with Gasteiger partial charge in [0.05, 0.1) is 19.9 Å². The van der Waals surface area contributed by atoms with Crippen LogP contribution in [0.5, 0.6) is 11.5 Å². The first-order chi connectivity index (χ1) is 13.8. The number of halogens is 1. The Morgan fingerprint density at radius 1 is 1.10 bits per heavy atom. The van der Waals surface area contributed by atoms with Crippen LogP contribution in [0.2, 0.25) is 0 Å². The summed E-state index contributed by atoms with van der Waals surface area (Å²) in [6, 6.07) is 8.59. The van der Waals surface area contributed by atoms with E-state index < -0.39 is 36.2 Å². The molecule has 8 nitrogen and oxygen atoms in total. The van der Waals surface area contributed by atoms with Gasteiger partial charge in [0.15, 0.2) is 0 Å². The second-order valence-electron chi connectivity index (χ2n) is 6.34. The van der Waals surface area contributed by atoms with Crippen molar-refractivity contribution in [3.63, 3.8) is 0 Å². The molecule has 0 bridgehead atoms. The lowest BCUT2D eigenvalue weighted by molar-refractivity contribution is -0.130. The van der Waals surface area contributed by atoms with Gasteiger partial charge in [-0.2, -0.15) is 0 Å². The zero-order valence-corrected chi connectivity index (χ0v) is 16.1. The number of nitrogens with one attached hydrogen (secondary N) is 1. The first kappa shape index (κ1) is 20.1. The lowest BCUT2D eigenvalue weighted by Crippen LogP contribution is -2.39. The summed E-state index contributed by atoms with van der Waals surface area (Å²) in [5.41, 5.74) is 0.748. The second-order valence-corrected chi connectivity index (χ2v) is 6.34. The van der Waals surface area contributed by atoms with Gasteiger partial charge >= 0.3 is 6.03 Å². The lowest BCUT2D eigenvalue weighted by atomic mass is 10.2. The molecule has 1 atom stereocenters. The van der Waals surface area contributed by atoms with E-state index in [2.05, 4.69) is 5.32 Å². The Morgan fingerprint density at radius 2 is 1.79 bits per heavy atom. The predicted molar refractivity (Wildman–Crippen MR) is 104 cm³/mol. The fourth-order valence-electron chi connectivity index (χ4n) is 3.04. The average molecular weight is 401 g/mol. The zero-order chi connectivity index (χ0) is 21.1. The highest BCUT2D eigenvalue weighted by Crippen LogP contribution is 2.29. The molecule has 0 spiro atoms. The summed E-state index contributed by atoms with van der Waals surface area (Å²) in [6.45, 7) is 1.09. The van der Waals surface area contributed by atoms with Crippen LogP contribution in [-0.2, 0) is 9.59 Å². The molecule has 3 rings (SSSR count). The number of urea groups is 1. The number of amides is 4. The zero-order valence-electron chi connectivity index (χ0n) is 16.1. The van der Waals surface area contributed by atoms with E-state index in [4.69, 9.17) is 9.47 Å². The van der Waals surface area contributed by atoms with E-state index in [1.54, 1.807) is 25.1 Å². The molecule has 4 amide bonds. The van der Waals surface area contributed by atoms with Gasteiger partial charge in [0.25, 0.3) is 5.91 Å². The SMILES string of the molecule is COc1ccc(NC(=O)CN2C(=O)C(C)N(c3ccc(F)cc3)C2=O)c(OC)c1. The van der Waals surface area contributed by atoms with E-state index in [9.17, 15) is 18.8 Å². The van der Waals surface area contributed by atoms with Crippen LogP contribution >= 0.6 is 0 Å². The maximum absolute atomic E-state index is 13.2. The largest absolute Gasteiger partial charge is 0.497 e. The maximum atomic E-state index is 13.2. The third-order valence-corrected chi connectivity index (χ3v) is 4.54. The van der Waals surface area contributed by atoms with Crippen LogP contribution in [0.15, 0.2) is 42.5 Å². The van der Waals surface area contributed by atoms with Gasteiger partial charge < -0.3 is 14.8 Å². The Morgan fingerprint density at radius 3 is 2.41 bits per heavy atom. The summed E-state index contributed by atoms with van der Waals surface area (Å²) in [4.78, 5) is 39.8. The predicted octanol–water partition coefficient (Wildman–Crippen LogP) is 2.64. The molecule has 1 aliphatic rings. The minimum Gasteiger partial charge on any atom is -0.497 e. The number of imide groups is 1. The summed E-state index contributed by atoms with van der Waals surface area (Å²) in [5, 5.41) is 2.62. The van der Waals surface area contributed by atoms with Gasteiger partial charge in [0.2, 0.25) is 5.91 Å². The van der Waals surface area contributed by atoms with Crippen molar-refractivity contribution in [3.8, 4) is 11.5 Å². The first-order valence-corrected chi connectivity index (χ1v) is 8.77. The van der Waals surface area contributed by atoms with Crippen molar-refractivity contribution in [2.24, 2.45) is 0 Å². The van der Waals surface area contributed by atoms with E-state index in [-0.39, 0.29) is 0 Å². The van der Waals surface area contributed by atoms with E-state index in [0.29, 0.717) is 22.9 Å². The van der Waals surface area contributed by atoms with Crippen molar-refractivity contribution >= 4 is 29.2 Å². The highest BCUT2D eigenvalue weighted by atomic mass is 19.1. The third-order valence-electron chi connectivity index (χ3n) is 4.54. The van der Waals surface area contributed by atoms with E-state index in [1.807, 2.05) is 0 Å². The quantitative estimate of drug-likeness (QED) is 0.752. The van der Waals surface area contributed by atoms with Crippen LogP contribution in [0.3, 0.4) is 0 Å². The van der Waals surface area contributed by atoms with Gasteiger partial charge in [-0.25, -0.2) is 9.18 Å². The summed E-state index contributed by atoms with van der Waals surface area (Å²) in [5.74, 6) is -0.616. The monoisotopic (exact) mass is 401 g/mol. The molecule has 1 N–H and O–H groups in total. The molecule has 1 saturated heterocycles. The van der Waals surface area contributed by atoms with E-state index in [1.165, 1.54) is 43.4 Å². The normalized spacial score (nSPS) is 16.2. The van der Waals surface area contributed by atoms with Gasteiger partial charge in [-0.1, -0.05) is 0 Å². The van der Waals surface area contributed by atoms with Crippen molar-refractivity contribution in [1.82, 2.24) is 4.90 Å². The topological polar surface area (TPSA) is 88.2 Å². The lowest BCUT2D eigenvalue weighted by Gasteiger charge is -2.19. The molecule has 1 heterocycles. The van der Waals surface area contributed by atoms with Crippen molar-refractivity contribution in [2.45, 2.75) is 13.0 Å². The number of methoxy groups -OCH3 is 2. The highest BCUT2D eigenvalue weighted by molar-refractivity contribution is 6.16. The van der Waals surface area contributed by atoms with Crippen molar-refractivity contribution in [3.05, 3.63) is 48.3 Å². The average Bonchev–Trinajstić information content (AvgIpc) is 2.92. The Hall–Kier alpha value is -3.62. The summed E-state index contributed by atoms with van der Waals surface area (Å²) < 4.78 is 23.5. The number of carbonyl (C=O) groups is 3. The Kier molecular flexibility index (Phi) is 5.67. The molecule has 1 fully saturated rings. The molecule has 0 aromatic heterocycles. The van der Waals surface area contributed by atoms with Crippen LogP contribution in [0.1, 0.15) is 6.92 Å². The number of ether oxygens (including phenoxy) is 2. The minimum absolute atomic E-state index is 0.372. The molecule has 1 unspecified atom stereocenters. The summed E-state index contributed by atoms with van der Waals surface area (Å²) in [6.07, 6.45) is 0. The van der Waals surface area contributed by atoms with Crippen molar-refractivity contribution in [1.29, 1.82) is 0 Å². The van der Waals surface area contributed by atoms with Crippen molar-refractivity contribution in [2.75, 3.05) is 31.0 Å². The molecule has 152 valence electrons. The van der Waals surface area contributed by atoms with Gasteiger partial charge in [0, 0.05) is 11.8 Å². The number of carbonyl (C=O) groups excluding carboxylic acids is 3. The van der Waals surface area contributed by atoms with Gasteiger partial charge in [-0.3, -0.25) is 19.4 Å². The molecule has 0 radical (unpaired) electrons. The van der Waals surface area contributed by atoms with Crippen LogP contribution < -0.4 is 19.7 Å². The smallest absolute Gasteiger partial charge is 0.332 e. The van der Waals surface area contributed by atoms with E-state index >= 15 is 0 Å². The number of hydrogen-bond donors (Lipinski definition) is 1. The Bertz CT molecular complexity index is 948. The second kappa shape index (κ2) is 8.17. The molecule has 2 aromatic rings. The molecule has 0 aliphatic carbocycles. The molecule has 9 heteroatoms. The summed E-state index contributed by atoms with van der Waals surface area (Å²) >= 11 is 0. The fraction of sp³-hybridized carbons (Fsp3) is 0.250. The Balaban J connectivity index is 1.74. The first-order valence-electron chi connectivity index (χ1n) is 8.77. The fourth-order valence-corrected chi connectivity index (χ4v) is 3.04. The van der Waals surface area contributed by atoms with Gasteiger partial charge in [-0.05, 0) is 43.3 Å². The number of rotatable bonds is 6. The number of anilines is 2. The number of nitrogens with zero attached hydrogens (tertiary/aromatic N) is 2. The van der Waals surface area contributed by atoms with Crippen LogP contribution in [-0.4, -0.2) is 49.6 Å². The van der Waals surface area contributed by atoms with Gasteiger partial charge in [-0.15, -0.1) is 0 Å².